The second kappa shape index (κ2) is 7.72. The van der Waals surface area contributed by atoms with Gasteiger partial charge in [0.15, 0.2) is 5.78 Å². The summed E-state index contributed by atoms with van der Waals surface area (Å²) in [7, 11) is 0. The molecule has 2 N–H and O–H groups in total. The fraction of sp³-hybridized carbons (Fsp3) is 0.273. The molecular weight excluding hydrogens is 391 g/mol. The number of thiophene rings is 1. The van der Waals surface area contributed by atoms with Gasteiger partial charge in [0.05, 0.1) is 5.92 Å². The van der Waals surface area contributed by atoms with E-state index in [1.807, 2.05) is 13.0 Å². The number of Topliss-reactive ketones (excluding diaryl/α,β-unsaturated/α-hetero) is 1. The van der Waals surface area contributed by atoms with Crippen LogP contribution in [-0.2, 0) is 16.1 Å². The van der Waals surface area contributed by atoms with Crippen LogP contribution in [0.3, 0.4) is 0 Å². The first-order valence-corrected chi connectivity index (χ1v) is 10.1. The van der Waals surface area contributed by atoms with Gasteiger partial charge in [0.25, 0.3) is 0 Å². The van der Waals surface area contributed by atoms with Crippen molar-refractivity contribution in [2.75, 3.05) is 0 Å². The number of hydrogen-bond donors (Lipinski definition) is 1. The van der Waals surface area contributed by atoms with Gasteiger partial charge in [-0.1, -0.05) is 0 Å². The van der Waals surface area contributed by atoms with Crippen LogP contribution in [0.25, 0.3) is 0 Å². The average molecular weight is 410 g/mol. The molecule has 2 aromatic rings. The molecule has 1 aromatic heterocycles. The Kier molecular flexibility index (Phi) is 5.12. The number of nitrogens with zero attached hydrogens (tertiary/aromatic N) is 1. The molecule has 1 aliphatic carbocycles. The number of carbonyl (C=O) groups excluding carboxylic acids is 1. The number of halogens is 1. The lowest BCUT2D eigenvalue weighted by molar-refractivity contribution is -0.116. The molecule has 148 valence electrons. The molecule has 5 nitrogen and oxygen atoms in total. The summed E-state index contributed by atoms with van der Waals surface area (Å²) in [5, 5.41) is 9.67. The first-order chi connectivity index (χ1) is 14.0. The summed E-state index contributed by atoms with van der Waals surface area (Å²) >= 11 is 1.51. The number of rotatable bonds is 4. The molecule has 0 fully saturated rings. The predicted octanol–water partition coefficient (Wildman–Crippen LogP) is 4.59. The molecule has 0 bridgehead atoms. The highest BCUT2D eigenvalue weighted by Crippen LogP contribution is 2.45. The van der Waals surface area contributed by atoms with E-state index in [0.717, 1.165) is 21.7 Å². The quantitative estimate of drug-likeness (QED) is 0.797. The number of ether oxygens (including phenoxy) is 2. The van der Waals surface area contributed by atoms with E-state index >= 15 is 0 Å². The van der Waals surface area contributed by atoms with Crippen LogP contribution in [0.5, 0.6) is 5.75 Å². The zero-order valence-electron chi connectivity index (χ0n) is 15.8. The van der Waals surface area contributed by atoms with Gasteiger partial charge >= 0.3 is 0 Å². The summed E-state index contributed by atoms with van der Waals surface area (Å²) in [5.74, 6) is 0.407. The Hall–Kier alpha value is -3.11. The smallest absolute Gasteiger partial charge is 0.205 e. The molecule has 0 spiro atoms. The number of aryl methyl sites for hydroxylation is 1. The van der Waals surface area contributed by atoms with Crippen LogP contribution < -0.4 is 10.5 Å². The fourth-order valence-corrected chi connectivity index (χ4v) is 4.82. The number of nitrogens with two attached hydrogens (primary N) is 1. The van der Waals surface area contributed by atoms with Crippen LogP contribution in [-0.4, -0.2) is 5.78 Å². The number of carbonyl (C=O) groups is 1. The highest BCUT2D eigenvalue weighted by molar-refractivity contribution is 7.12. The van der Waals surface area contributed by atoms with Crippen molar-refractivity contribution in [2.45, 2.75) is 38.7 Å². The minimum atomic E-state index is -0.500. The maximum Gasteiger partial charge on any atom is 0.205 e. The Balaban J connectivity index is 1.66. The number of hydrogen-bond acceptors (Lipinski definition) is 6. The highest BCUT2D eigenvalue weighted by Gasteiger charge is 2.38. The molecule has 0 unspecified atom stereocenters. The SMILES string of the molecule is Cc1sc([C@H]2C(C#N)=C(N)OC3=C2C(=O)CCC3)cc1COc1ccc(F)cc1. The Morgan fingerprint density at radius 1 is 1.34 bits per heavy atom. The van der Waals surface area contributed by atoms with Crippen LogP contribution >= 0.6 is 11.3 Å². The van der Waals surface area contributed by atoms with Gasteiger partial charge in [-0.05, 0) is 43.7 Å². The van der Waals surface area contributed by atoms with Crippen LogP contribution in [0, 0.1) is 24.1 Å². The van der Waals surface area contributed by atoms with Crippen molar-refractivity contribution >= 4 is 17.1 Å². The third-order valence-corrected chi connectivity index (χ3v) is 6.29. The molecule has 2 heterocycles. The first-order valence-electron chi connectivity index (χ1n) is 9.29. The molecule has 2 aliphatic rings. The molecule has 0 amide bonds. The minimum Gasteiger partial charge on any atom is -0.489 e. The van der Waals surface area contributed by atoms with E-state index in [-0.39, 0.29) is 23.1 Å². The van der Waals surface area contributed by atoms with E-state index in [0.29, 0.717) is 36.5 Å². The molecule has 0 radical (unpaired) electrons. The summed E-state index contributed by atoms with van der Waals surface area (Å²) in [5.41, 5.74) is 7.77. The average Bonchev–Trinajstić information content (AvgIpc) is 3.07. The molecule has 29 heavy (non-hydrogen) atoms. The lowest BCUT2D eigenvalue weighted by Crippen LogP contribution is -2.27. The van der Waals surface area contributed by atoms with Gasteiger partial charge in [-0.2, -0.15) is 5.26 Å². The van der Waals surface area contributed by atoms with Crippen molar-refractivity contribution in [3.63, 3.8) is 0 Å². The van der Waals surface area contributed by atoms with Crippen molar-refractivity contribution in [3.05, 3.63) is 74.3 Å². The standard InChI is InChI=1S/C22H19FN2O3S/c1-12-13(11-27-15-7-5-14(23)6-8-15)9-19(29-12)20-16(10-24)22(25)28-18-4-2-3-17(26)21(18)20/h5-9,20H,2-4,11,25H2,1H3/t20-/m1/s1. The lowest BCUT2D eigenvalue weighted by Gasteiger charge is -2.30. The topological polar surface area (TPSA) is 85.3 Å². The third-order valence-electron chi connectivity index (χ3n) is 5.14. The monoisotopic (exact) mass is 410 g/mol. The normalized spacial score (nSPS) is 18.9. The van der Waals surface area contributed by atoms with E-state index in [1.165, 1.54) is 23.5 Å². The van der Waals surface area contributed by atoms with Gasteiger partial charge < -0.3 is 15.2 Å². The van der Waals surface area contributed by atoms with Crippen LogP contribution in [0.2, 0.25) is 0 Å². The number of benzene rings is 1. The molecule has 4 rings (SSSR count). The molecule has 0 saturated carbocycles. The largest absolute Gasteiger partial charge is 0.489 e. The van der Waals surface area contributed by atoms with Crippen molar-refractivity contribution in [3.8, 4) is 11.8 Å². The summed E-state index contributed by atoms with van der Waals surface area (Å²) < 4.78 is 24.4. The molecule has 1 atom stereocenters. The fourth-order valence-electron chi connectivity index (χ4n) is 3.66. The van der Waals surface area contributed by atoms with Gasteiger partial charge in [-0.25, -0.2) is 4.39 Å². The predicted molar refractivity (Wildman–Crippen MR) is 106 cm³/mol. The maximum absolute atomic E-state index is 13.1. The van der Waals surface area contributed by atoms with Gasteiger partial charge in [-0.15, -0.1) is 11.3 Å². The van der Waals surface area contributed by atoms with Gasteiger partial charge in [-0.3, -0.25) is 4.79 Å². The molecule has 7 heteroatoms. The number of ketones is 1. The minimum absolute atomic E-state index is 0.00617. The number of allylic oxidation sites excluding steroid dienone is 3. The zero-order chi connectivity index (χ0) is 20.5. The van der Waals surface area contributed by atoms with Crippen molar-refractivity contribution in [1.29, 1.82) is 5.26 Å². The Morgan fingerprint density at radius 2 is 2.10 bits per heavy atom. The first kappa shape index (κ1) is 19.2. The van der Waals surface area contributed by atoms with E-state index in [4.69, 9.17) is 15.2 Å². The zero-order valence-corrected chi connectivity index (χ0v) is 16.6. The van der Waals surface area contributed by atoms with Crippen LogP contribution in [0.15, 0.2) is 53.1 Å². The van der Waals surface area contributed by atoms with Gasteiger partial charge in [0, 0.05) is 33.7 Å². The highest BCUT2D eigenvalue weighted by atomic mass is 32.1. The van der Waals surface area contributed by atoms with E-state index < -0.39 is 5.92 Å². The second-order valence-electron chi connectivity index (χ2n) is 7.01. The van der Waals surface area contributed by atoms with Crippen LogP contribution in [0.4, 0.5) is 4.39 Å². The van der Waals surface area contributed by atoms with Crippen molar-refractivity contribution in [1.82, 2.24) is 0 Å². The van der Waals surface area contributed by atoms with Crippen molar-refractivity contribution < 1.29 is 18.7 Å². The summed E-state index contributed by atoms with van der Waals surface area (Å²) in [6.07, 6.45) is 1.81. The molecule has 1 aromatic carbocycles. The Morgan fingerprint density at radius 3 is 2.83 bits per heavy atom. The van der Waals surface area contributed by atoms with Gasteiger partial charge in [0.2, 0.25) is 5.88 Å². The summed E-state index contributed by atoms with van der Waals surface area (Å²) in [6.45, 7) is 2.27. The van der Waals surface area contributed by atoms with Crippen molar-refractivity contribution in [2.24, 2.45) is 5.73 Å². The van der Waals surface area contributed by atoms with Crippen LogP contribution in [0.1, 0.15) is 40.5 Å². The molecular formula is C22H19FN2O3S. The molecule has 0 saturated heterocycles. The Labute approximate surface area is 171 Å². The summed E-state index contributed by atoms with van der Waals surface area (Å²) in [4.78, 5) is 14.5. The number of nitriles is 1. The maximum atomic E-state index is 13.1. The van der Waals surface area contributed by atoms with Gasteiger partial charge in [0.1, 0.15) is 35.6 Å². The lowest BCUT2D eigenvalue weighted by atomic mass is 9.80. The second-order valence-corrected chi connectivity index (χ2v) is 8.30. The van der Waals surface area contributed by atoms with E-state index in [9.17, 15) is 14.4 Å². The third kappa shape index (κ3) is 3.64. The van der Waals surface area contributed by atoms with E-state index in [2.05, 4.69) is 6.07 Å². The Bertz CT molecular complexity index is 1080. The molecule has 1 aliphatic heterocycles. The summed E-state index contributed by atoms with van der Waals surface area (Å²) in [6, 6.07) is 9.93. The van der Waals surface area contributed by atoms with E-state index in [1.54, 1.807) is 12.1 Å².